The molecule has 1 fully saturated rings. The number of hydrogen-bond acceptors (Lipinski definition) is 4. The second-order valence-corrected chi connectivity index (χ2v) is 4.91. The van der Waals surface area contributed by atoms with Crippen molar-refractivity contribution in [2.45, 2.75) is 19.3 Å². The Labute approximate surface area is 94.5 Å². The van der Waals surface area contributed by atoms with Gasteiger partial charge in [-0.2, -0.15) is 0 Å². The first kappa shape index (κ1) is 10.8. The van der Waals surface area contributed by atoms with Crippen LogP contribution in [0.3, 0.4) is 0 Å². The summed E-state index contributed by atoms with van der Waals surface area (Å²) >= 11 is 1.72. The van der Waals surface area contributed by atoms with Crippen molar-refractivity contribution in [1.82, 2.24) is 10.2 Å². The molecule has 0 saturated carbocycles. The minimum atomic E-state index is 0.210. The second kappa shape index (κ2) is 5.39. The van der Waals surface area contributed by atoms with Crippen LogP contribution in [-0.4, -0.2) is 47.9 Å². The summed E-state index contributed by atoms with van der Waals surface area (Å²) in [5, 5.41) is 4.06. The van der Waals surface area contributed by atoms with Gasteiger partial charge < -0.3 is 10.2 Å². The van der Waals surface area contributed by atoms with Gasteiger partial charge in [-0.3, -0.25) is 9.79 Å². The molecule has 84 valence electrons. The topological polar surface area (TPSA) is 44.7 Å². The van der Waals surface area contributed by atoms with Crippen molar-refractivity contribution in [1.29, 1.82) is 0 Å². The van der Waals surface area contributed by atoms with Gasteiger partial charge in [-0.15, -0.1) is 0 Å². The van der Waals surface area contributed by atoms with Gasteiger partial charge in [0.05, 0.1) is 6.54 Å². The number of nitrogens with zero attached hydrogens (tertiary/aromatic N) is 2. The third-order valence-electron chi connectivity index (χ3n) is 2.65. The van der Waals surface area contributed by atoms with Crippen molar-refractivity contribution in [2.75, 3.05) is 31.9 Å². The summed E-state index contributed by atoms with van der Waals surface area (Å²) in [5.74, 6) is 1.32. The quantitative estimate of drug-likeness (QED) is 0.755. The highest BCUT2D eigenvalue weighted by molar-refractivity contribution is 8.13. The normalized spacial score (nSPS) is 21.3. The number of thioether (sulfide) groups is 1. The molecule has 0 aromatic heterocycles. The maximum absolute atomic E-state index is 11.7. The molecule has 2 aliphatic rings. The molecule has 5 heteroatoms. The van der Waals surface area contributed by atoms with Crippen LogP contribution in [0.1, 0.15) is 19.3 Å². The average molecular weight is 227 g/mol. The molecule has 2 aliphatic heterocycles. The number of carbonyl (C=O) groups is 1. The van der Waals surface area contributed by atoms with E-state index in [9.17, 15) is 4.79 Å². The zero-order valence-corrected chi connectivity index (χ0v) is 9.68. The maximum Gasteiger partial charge on any atom is 0.241 e. The monoisotopic (exact) mass is 227 g/mol. The second-order valence-electron chi connectivity index (χ2n) is 3.83. The number of rotatable bonds is 2. The van der Waals surface area contributed by atoms with Gasteiger partial charge in [0.1, 0.15) is 0 Å². The summed E-state index contributed by atoms with van der Waals surface area (Å²) in [7, 11) is 0. The molecule has 1 amide bonds. The van der Waals surface area contributed by atoms with Gasteiger partial charge in [0.2, 0.25) is 5.91 Å². The Morgan fingerprint density at radius 1 is 1.40 bits per heavy atom. The van der Waals surface area contributed by atoms with Gasteiger partial charge in [0.15, 0.2) is 5.17 Å². The van der Waals surface area contributed by atoms with E-state index in [2.05, 4.69) is 10.3 Å². The highest BCUT2D eigenvalue weighted by atomic mass is 32.2. The van der Waals surface area contributed by atoms with E-state index in [0.29, 0.717) is 6.54 Å². The number of nitrogens with one attached hydrogen (secondary N) is 1. The molecule has 15 heavy (non-hydrogen) atoms. The van der Waals surface area contributed by atoms with E-state index >= 15 is 0 Å². The van der Waals surface area contributed by atoms with Crippen molar-refractivity contribution in [3.8, 4) is 0 Å². The zero-order valence-electron chi connectivity index (χ0n) is 8.87. The minimum absolute atomic E-state index is 0.210. The minimum Gasteiger partial charge on any atom is -0.356 e. The van der Waals surface area contributed by atoms with Crippen LogP contribution in [0.4, 0.5) is 0 Å². The first-order chi connectivity index (χ1) is 7.36. The lowest BCUT2D eigenvalue weighted by molar-refractivity contribution is -0.128. The molecular formula is C10H17N3OS. The van der Waals surface area contributed by atoms with Crippen LogP contribution in [0.2, 0.25) is 0 Å². The molecule has 0 aromatic rings. The van der Waals surface area contributed by atoms with Crippen LogP contribution in [0.25, 0.3) is 0 Å². The first-order valence-corrected chi connectivity index (χ1v) is 6.54. The predicted molar refractivity (Wildman–Crippen MR) is 63.2 cm³/mol. The summed E-state index contributed by atoms with van der Waals surface area (Å²) in [5.41, 5.74) is 0. The van der Waals surface area contributed by atoms with Crippen LogP contribution in [0.5, 0.6) is 0 Å². The summed E-state index contributed by atoms with van der Waals surface area (Å²) in [6.45, 7) is 3.17. The summed E-state index contributed by atoms with van der Waals surface area (Å²) in [6, 6.07) is 0. The number of likely N-dealkylation sites (tertiary alicyclic amines) is 1. The standard InChI is InChI=1S/C10H17N3OS/c14-9(13-5-1-2-6-13)8-12-10-11-4-3-7-15-10/h1-8H2,(H,11,12). The summed E-state index contributed by atoms with van der Waals surface area (Å²) in [4.78, 5) is 17.9. The molecule has 0 spiro atoms. The Bertz CT molecular complexity index is 261. The number of amides is 1. The van der Waals surface area contributed by atoms with Crippen LogP contribution in [0.15, 0.2) is 4.99 Å². The van der Waals surface area contributed by atoms with Crippen LogP contribution in [-0.2, 0) is 4.79 Å². The molecule has 1 saturated heterocycles. The van der Waals surface area contributed by atoms with Crippen molar-refractivity contribution in [3.05, 3.63) is 0 Å². The molecule has 1 N–H and O–H groups in total. The predicted octanol–water partition coefficient (Wildman–Crippen LogP) is 0.691. The van der Waals surface area contributed by atoms with E-state index in [4.69, 9.17) is 0 Å². The third kappa shape index (κ3) is 3.12. The van der Waals surface area contributed by atoms with Gasteiger partial charge in [-0.25, -0.2) is 0 Å². The highest BCUT2D eigenvalue weighted by Crippen LogP contribution is 2.10. The molecule has 0 bridgehead atoms. The third-order valence-corrected chi connectivity index (χ3v) is 3.69. The Hall–Kier alpha value is -0.710. The van der Waals surface area contributed by atoms with Crippen molar-refractivity contribution in [3.63, 3.8) is 0 Å². The van der Waals surface area contributed by atoms with Gasteiger partial charge in [-0.05, 0) is 19.3 Å². The van der Waals surface area contributed by atoms with Crippen molar-refractivity contribution >= 4 is 22.8 Å². The molecule has 0 aromatic carbocycles. The Morgan fingerprint density at radius 3 is 2.87 bits per heavy atom. The fraction of sp³-hybridized carbons (Fsp3) is 0.800. The lowest BCUT2D eigenvalue weighted by Gasteiger charge is -2.17. The summed E-state index contributed by atoms with van der Waals surface area (Å²) in [6.07, 6.45) is 3.46. The molecular weight excluding hydrogens is 210 g/mol. The molecule has 0 aliphatic carbocycles. The Kier molecular flexibility index (Phi) is 3.88. The molecule has 0 unspecified atom stereocenters. The van der Waals surface area contributed by atoms with E-state index in [1.165, 1.54) is 0 Å². The first-order valence-electron chi connectivity index (χ1n) is 5.55. The highest BCUT2D eigenvalue weighted by Gasteiger charge is 2.17. The maximum atomic E-state index is 11.7. The fourth-order valence-electron chi connectivity index (χ4n) is 1.80. The lowest BCUT2D eigenvalue weighted by Crippen LogP contribution is -2.38. The largest absolute Gasteiger partial charge is 0.356 e. The van der Waals surface area contributed by atoms with Crippen molar-refractivity contribution < 1.29 is 4.79 Å². The van der Waals surface area contributed by atoms with E-state index in [1.54, 1.807) is 11.8 Å². The Morgan fingerprint density at radius 2 is 2.20 bits per heavy atom. The van der Waals surface area contributed by atoms with Gasteiger partial charge in [0, 0.05) is 25.4 Å². The molecule has 0 atom stereocenters. The van der Waals surface area contributed by atoms with Crippen LogP contribution >= 0.6 is 11.8 Å². The number of hydrogen-bond donors (Lipinski definition) is 1. The molecule has 2 rings (SSSR count). The van der Waals surface area contributed by atoms with Crippen LogP contribution < -0.4 is 5.32 Å². The van der Waals surface area contributed by atoms with Gasteiger partial charge in [-0.1, -0.05) is 11.8 Å². The number of carbonyl (C=O) groups excluding carboxylic acids is 1. The smallest absolute Gasteiger partial charge is 0.241 e. The zero-order chi connectivity index (χ0) is 10.5. The lowest BCUT2D eigenvalue weighted by atomic mass is 10.4. The van der Waals surface area contributed by atoms with E-state index in [1.807, 2.05) is 4.90 Å². The fourth-order valence-corrected chi connectivity index (χ4v) is 2.62. The molecule has 4 nitrogen and oxygen atoms in total. The van der Waals surface area contributed by atoms with Crippen LogP contribution in [0, 0.1) is 0 Å². The molecule has 0 radical (unpaired) electrons. The van der Waals surface area contributed by atoms with Gasteiger partial charge >= 0.3 is 0 Å². The van der Waals surface area contributed by atoms with E-state index < -0.39 is 0 Å². The summed E-state index contributed by atoms with van der Waals surface area (Å²) < 4.78 is 0. The van der Waals surface area contributed by atoms with Crippen molar-refractivity contribution in [2.24, 2.45) is 4.99 Å². The van der Waals surface area contributed by atoms with Gasteiger partial charge in [0.25, 0.3) is 0 Å². The Balaban J connectivity index is 1.72. The average Bonchev–Trinajstić information content (AvgIpc) is 2.81. The van der Waals surface area contributed by atoms with E-state index in [0.717, 1.165) is 49.8 Å². The SMILES string of the molecule is O=C(CNC1=NCCCS1)N1CCCC1. The molecule has 2 heterocycles. The van der Waals surface area contributed by atoms with E-state index in [-0.39, 0.29) is 5.91 Å². The number of aliphatic imine (C=N–C) groups is 1. The number of amidine groups is 1.